The van der Waals surface area contributed by atoms with E-state index in [-0.39, 0.29) is 5.91 Å². The molecule has 0 bridgehead atoms. The lowest BCUT2D eigenvalue weighted by atomic mass is 9.70. The van der Waals surface area contributed by atoms with E-state index >= 15 is 0 Å². The summed E-state index contributed by atoms with van der Waals surface area (Å²) in [4.78, 5) is 12.0. The quantitative estimate of drug-likeness (QED) is 0.787. The monoisotopic (exact) mass is 232 g/mol. The molecule has 1 fully saturated rings. The Morgan fingerprint density at radius 2 is 2.18 bits per heavy atom. The average Bonchev–Trinajstić information content (AvgIpc) is 2.27. The SMILES string of the molecule is Cc1cccc(C(=O)NCC2(C)CCC2)c1N. The molecule has 3 heteroatoms. The first kappa shape index (κ1) is 12.0. The molecule has 3 nitrogen and oxygen atoms in total. The minimum atomic E-state index is -0.0562. The summed E-state index contributed by atoms with van der Waals surface area (Å²) in [6.45, 7) is 4.88. The lowest BCUT2D eigenvalue weighted by molar-refractivity contribution is 0.0891. The molecule has 92 valence electrons. The molecule has 17 heavy (non-hydrogen) atoms. The van der Waals surface area contributed by atoms with Gasteiger partial charge in [-0.2, -0.15) is 0 Å². The maximum absolute atomic E-state index is 12.0. The molecule has 1 saturated carbocycles. The number of anilines is 1. The summed E-state index contributed by atoms with van der Waals surface area (Å²) in [7, 11) is 0. The van der Waals surface area contributed by atoms with Crippen LogP contribution in [0.2, 0.25) is 0 Å². The normalized spacial score (nSPS) is 17.3. The van der Waals surface area contributed by atoms with Gasteiger partial charge in [-0.1, -0.05) is 25.5 Å². The Labute approximate surface area is 102 Å². The molecule has 3 N–H and O–H groups in total. The number of aryl methyl sites for hydroxylation is 1. The van der Waals surface area contributed by atoms with E-state index in [4.69, 9.17) is 5.73 Å². The molecular formula is C14H20N2O. The van der Waals surface area contributed by atoms with Crippen molar-refractivity contribution in [3.8, 4) is 0 Å². The topological polar surface area (TPSA) is 55.1 Å². The van der Waals surface area contributed by atoms with Crippen LogP contribution in [0.25, 0.3) is 0 Å². The largest absolute Gasteiger partial charge is 0.398 e. The second-order valence-electron chi connectivity index (χ2n) is 5.38. The van der Waals surface area contributed by atoms with Gasteiger partial charge in [-0.15, -0.1) is 0 Å². The molecule has 0 unspecified atom stereocenters. The predicted molar refractivity (Wildman–Crippen MR) is 69.9 cm³/mol. The summed E-state index contributed by atoms with van der Waals surface area (Å²) < 4.78 is 0. The molecule has 1 amide bonds. The fourth-order valence-corrected chi connectivity index (χ4v) is 2.22. The summed E-state index contributed by atoms with van der Waals surface area (Å²) in [5, 5.41) is 2.99. The summed E-state index contributed by atoms with van der Waals surface area (Å²) in [5.41, 5.74) is 8.34. The van der Waals surface area contributed by atoms with E-state index in [2.05, 4.69) is 12.2 Å². The molecule has 1 aromatic rings. The maximum Gasteiger partial charge on any atom is 0.253 e. The standard InChI is InChI=1S/C14H20N2O/c1-10-5-3-6-11(12(10)15)13(17)16-9-14(2)7-4-8-14/h3,5-6H,4,7-9,15H2,1-2H3,(H,16,17). The number of nitrogen functional groups attached to an aromatic ring is 1. The van der Waals surface area contributed by atoms with Crippen molar-refractivity contribution in [1.82, 2.24) is 5.32 Å². The molecular weight excluding hydrogens is 212 g/mol. The van der Waals surface area contributed by atoms with Crippen molar-refractivity contribution in [2.24, 2.45) is 5.41 Å². The van der Waals surface area contributed by atoms with E-state index in [1.54, 1.807) is 6.07 Å². The summed E-state index contributed by atoms with van der Waals surface area (Å²) in [5.74, 6) is -0.0562. The van der Waals surface area contributed by atoms with Gasteiger partial charge >= 0.3 is 0 Å². The van der Waals surface area contributed by atoms with Crippen LogP contribution in [-0.4, -0.2) is 12.5 Å². The number of hydrogen-bond acceptors (Lipinski definition) is 2. The van der Waals surface area contributed by atoms with Crippen LogP contribution in [-0.2, 0) is 0 Å². The van der Waals surface area contributed by atoms with Gasteiger partial charge in [0.05, 0.1) is 5.56 Å². The van der Waals surface area contributed by atoms with Crippen LogP contribution in [0, 0.1) is 12.3 Å². The van der Waals surface area contributed by atoms with Gasteiger partial charge in [-0.3, -0.25) is 4.79 Å². The molecule has 0 spiro atoms. The minimum Gasteiger partial charge on any atom is -0.398 e. The summed E-state index contributed by atoms with van der Waals surface area (Å²) in [6, 6.07) is 5.56. The molecule has 0 saturated heterocycles. The minimum absolute atomic E-state index is 0.0562. The van der Waals surface area contributed by atoms with Crippen molar-refractivity contribution in [1.29, 1.82) is 0 Å². The molecule has 1 aromatic carbocycles. The number of benzene rings is 1. The van der Waals surface area contributed by atoms with Gasteiger partial charge in [-0.05, 0) is 36.8 Å². The Balaban J connectivity index is 2.02. The van der Waals surface area contributed by atoms with Crippen LogP contribution >= 0.6 is 0 Å². The van der Waals surface area contributed by atoms with Gasteiger partial charge in [-0.25, -0.2) is 0 Å². The summed E-state index contributed by atoms with van der Waals surface area (Å²) in [6.07, 6.45) is 3.69. The first-order valence-electron chi connectivity index (χ1n) is 6.15. The highest BCUT2D eigenvalue weighted by molar-refractivity contribution is 5.99. The average molecular weight is 232 g/mol. The van der Waals surface area contributed by atoms with Crippen molar-refractivity contribution in [3.63, 3.8) is 0 Å². The number of nitrogens with one attached hydrogen (secondary N) is 1. The molecule has 1 aliphatic rings. The van der Waals surface area contributed by atoms with E-state index in [0.717, 1.165) is 12.1 Å². The van der Waals surface area contributed by atoms with E-state index in [1.807, 2.05) is 19.1 Å². The fraction of sp³-hybridized carbons (Fsp3) is 0.500. The smallest absolute Gasteiger partial charge is 0.253 e. The Morgan fingerprint density at radius 3 is 2.76 bits per heavy atom. The third-order valence-corrected chi connectivity index (χ3v) is 3.81. The van der Waals surface area contributed by atoms with Crippen LogP contribution in [0.4, 0.5) is 5.69 Å². The Bertz CT molecular complexity index is 436. The van der Waals surface area contributed by atoms with Gasteiger partial charge in [0.1, 0.15) is 0 Å². The van der Waals surface area contributed by atoms with Crippen LogP contribution in [0.15, 0.2) is 18.2 Å². The van der Waals surface area contributed by atoms with Gasteiger partial charge in [0, 0.05) is 12.2 Å². The molecule has 0 atom stereocenters. The highest BCUT2D eigenvalue weighted by Gasteiger charge is 2.32. The highest BCUT2D eigenvalue weighted by Crippen LogP contribution is 2.39. The lowest BCUT2D eigenvalue weighted by Crippen LogP contribution is -2.40. The number of carbonyl (C=O) groups is 1. The van der Waals surface area contributed by atoms with E-state index in [9.17, 15) is 4.79 Å². The van der Waals surface area contributed by atoms with Crippen molar-refractivity contribution >= 4 is 11.6 Å². The molecule has 0 radical (unpaired) electrons. The zero-order chi connectivity index (χ0) is 12.5. The second kappa shape index (κ2) is 4.40. The molecule has 1 aliphatic carbocycles. The molecule has 0 aliphatic heterocycles. The van der Waals surface area contributed by atoms with Crippen molar-refractivity contribution in [2.45, 2.75) is 33.1 Å². The number of nitrogens with two attached hydrogens (primary N) is 1. The van der Waals surface area contributed by atoms with Crippen molar-refractivity contribution in [3.05, 3.63) is 29.3 Å². The Morgan fingerprint density at radius 1 is 1.47 bits per heavy atom. The van der Waals surface area contributed by atoms with E-state index in [1.165, 1.54) is 19.3 Å². The van der Waals surface area contributed by atoms with Gasteiger partial charge < -0.3 is 11.1 Å². The number of rotatable bonds is 3. The molecule has 0 aromatic heterocycles. The van der Waals surface area contributed by atoms with Gasteiger partial charge in [0.25, 0.3) is 5.91 Å². The number of para-hydroxylation sites is 1. The van der Waals surface area contributed by atoms with Crippen molar-refractivity contribution in [2.75, 3.05) is 12.3 Å². The first-order chi connectivity index (χ1) is 8.02. The molecule has 0 heterocycles. The second-order valence-corrected chi connectivity index (χ2v) is 5.38. The predicted octanol–water partition coefficient (Wildman–Crippen LogP) is 2.50. The Kier molecular flexibility index (Phi) is 3.09. The zero-order valence-corrected chi connectivity index (χ0v) is 10.5. The van der Waals surface area contributed by atoms with Crippen LogP contribution in [0.3, 0.4) is 0 Å². The van der Waals surface area contributed by atoms with Crippen LogP contribution < -0.4 is 11.1 Å². The third-order valence-electron chi connectivity index (χ3n) is 3.81. The van der Waals surface area contributed by atoms with Gasteiger partial charge in [0.2, 0.25) is 0 Å². The highest BCUT2D eigenvalue weighted by atomic mass is 16.1. The van der Waals surface area contributed by atoms with E-state index in [0.29, 0.717) is 16.7 Å². The third kappa shape index (κ3) is 2.43. The number of hydrogen-bond donors (Lipinski definition) is 2. The molecule has 2 rings (SSSR count). The van der Waals surface area contributed by atoms with Crippen LogP contribution in [0.1, 0.15) is 42.1 Å². The fourth-order valence-electron chi connectivity index (χ4n) is 2.22. The van der Waals surface area contributed by atoms with Crippen LogP contribution in [0.5, 0.6) is 0 Å². The zero-order valence-electron chi connectivity index (χ0n) is 10.5. The Hall–Kier alpha value is -1.51. The number of amides is 1. The number of carbonyl (C=O) groups excluding carboxylic acids is 1. The lowest BCUT2D eigenvalue weighted by Gasteiger charge is -2.38. The van der Waals surface area contributed by atoms with Gasteiger partial charge in [0.15, 0.2) is 0 Å². The van der Waals surface area contributed by atoms with E-state index < -0.39 is 0 Å². The summed E-state index contributed by atoms with van der Waals surface area (Å²) >= 11 is 0. The maximum atomic E-state index is 12.0. The van der Waals surface area contributed by atoms with Crippen molar-refractivity contribution < 1.29 is 4.79 Å². The first-order valence-corrected chi connectivity index (χ1v) is 6.15.